The molecule has 2 atom stereocenters. The van der Waals surface area contributed by atoms with Gasteiger partial charge < -0.3 is 19.5 Å². The van der Waals surface area contributed by atoms with E-state index in [1.165, 1.54) is 29.0 Å². The van der Waals surface area contributed by atoms with Crippen LogP contribution in [0.15, 0.2) is 90.3 Å². The number of hydrogen-bond donors (Lipinski definition) is 1. The zero-order chi connectivity index (χ0) is 26.5. The van der Waals surface area contributed by atoms with E-state index in [0.717, 1.165) is 23.2 Å². The van der Waals surface area contributed by atoms with Gasteiger partial charge in [0.25, 0.3) is 0 Å². The summed E-state index contributed by atoms with van der Waals surface area (Å²) in [5.41, 5.74) is 2.98. The summed E-state index contributed by atoms with van der Waals surface area (Å²) < 4.78 is 32.2. The molecular weight excluding hydrogens is 501 g/mol. The summed E-state index contributed by atoms with van der Waals surface area (Å²) in [5.74, 6) is 0.0313. The fourth-order valence-corrected chi connectivity index (χ4v) is 5.15. The molecule has 5 nitrogen and oxygen atoms in total. The molecular formula is C31H30FNO4S. The van der Waals surface area contributed by atoms with Crippen molar-refractivity contribution in [3.8, 4) is 5.75 Å². The third-order valence-corrected chi connectivity index (χ3v) is 7.40. The summed E-state index contributed by atoms with van der Waals surface area (Å²) >= 11 is 1.34. The van der Waals surface area contributed by atoms with E-state index in [2.05, 4.69) is 17.4 Å². The van der Waals surface area contributed by atoms with Crippen molar-refractivity contribution in [2.45, 2.75) is 44.6 Å². The Morgan fingerprint density at radius 3 is 2.53 bits per heavy atom. The number of thiophene rings is 1. The third kappa shape index (κ3) is 6.06. The molecule has 0 aliphatic carbocycles. The van der Waals surface area contributed by atoms with Gasteiger partial charge >= 0.3 is 5.97 Å². The van der Waals surface area contributed by atoms with Crippen LogP contribution in [0, 0.1) is 5.82 Å². The fourth-order valence-electron chi connectivity index (χ4n) is 4.55. The van der Waals surface area contributed by atoms with E-state index in [4.69, 9.17) is 14.2 Å². The molecule has 4 aromatic rings. The van der Waals surface area contributed by atoms with Gasteiger partial charge in [-0.25, -0.2) is 9.18 Å². The number of nitrogens with one attached hydrogen (secondary N) is 1. The summed E-state index contributed by atoms with van der Waals surface area (Å²) in [6.07, 6.45) is -0.483. The van der Waals surface area contributed by atoms with E-state index in [1.807, 2.05) is 61.7 Å². The Morgan fingerprint density at radius 1 is 1.00 bits per heavy atom. The van der Waals surface area contributed by atoms with E-state index < -0.39 is 23.8 Å². The maximum absolute atomic E-state index is 13.3. The van der Waals surface area contributed by atoms with Crippen LogP contribution in [0.25, 0.3) is 0 Å². The molecule has 3 aromatic carbocycles. The molecule has 7 heteroatoms. The zero-order valence-electron chi connectivity index (χ0n) is 21.4. The number of carbonyl (C=O) groups excluding carboxylic acids is 1. The Kier molecular flexibility index (Phi) is 7.77. The van der Waals surface area contributed by atoms with Crippen LogP contribution in [-0.4, -0.2) is 24.3 Å². The Bertz CT molecular complexity index is 1360. The number of halogens is 1. The summed E-state index contributed by atoms with van der Waals surface area (Å²) in [7, 11) is 0. The second kappa shape index (κ2) is 11.4. The first-order valence-corrected chi connectivity index (χ1v) is 13.5. The highest BCUT2D eigenvalue weighted by molar-refractivity contribution is 7.11. The molecule has 0 amide bonds. The zero-order valence-corrected chi connectivity index (χ0v) is 22.2. The van der Waals surface area contributed by atoms with Gasteiger partial charge in [-0.05, 0) is 73.2 Å². The first-order chi connectivity index (χ1) is 18.4. The number of hydrogen-bond acceptors (Lipinski definition) is 6. The SMILES string of the molecule is CC1(C)Oc2ccc(NCc3ccc(F)cc3)cc2C(OCCc2ccccc2)C1OC(=O)c1cccs1. The van der Waals surface area contributed by atoms with Gasteiger partial charge in [0.05, 0.1) is 6.61 Å². The highest BCUT2D eigenvalue weighted by Crippen LogP contribution is 2.44. The second-order valence-corrected chi connectivity index (χ2v) is 10.7. The van der Waals surface area contributed by atoms with Gasteiger partial charge in [-0.15, -0.1) is 11.3 Å². The summed E-state index contributed by atoms with van der Waals surface area (Å²) in [4.78, 5) is 13.5. The Balaban J connectivity index is 1.41. The molecule has 2 unspecified atom stereocenters. The van der Waals surface area contributed by atoms with Crippen molar-refractivity contribution >= 4 is 23.0 Å². The number of anilines is 1. The van der Waals surface area contributed by atoms with E-state index in [9.17, 15) is 9.18 Å². The molecule has 0 spiro atoms. The summed E-state index contributed by atoms with van der Waals surface area (Å²) in [6.45, 7) is 4.80. The number of ether oxygens (including phenoxy) is 3. The van der Waals surface area contributed by atoms with Crippen LogP contribution in [-0.2, 0) is 22.4 Å². The van der Waals surface area contributed by atoms with Crippen molar-refractivity contribution in [3.05, 3.63) is 118 Å². The molecule has 0 fully saturated rings. The molecule has 0 bridgehead atoms. The van der Waals surface area contributed by atoms with E-state index in [1.54, 1.807) is 18.2 Å². The standard InChI is InChI=1S/C31H30FNO4S/c1-31(2)29(36-30(34)27-9-6-18-38-27)28(35-17-16-21-7-4-3-5-8-21)25-19-24(14-15-26(25)37-31)33-20-22-10-12-23(32)13-11-22/h3-15,18-19,28-29,33H,16-17,20H2,1-2H3. The average Bonchev–Trinajstić information content (AvgIpc) is 3.46. The van der Waals surface area contributed by atoms with Gasteiger partial charge in [0.2, 0.25) is 0 Å². The smallest absolute Gasteiger partial charge is 0.348 e. The number of esters is 1. The lowest BCUT2D eigenvalue weighted by Gasteiger charge is -2.43. The Morgan fingerprint density at radius 2 is 1.79 bits per heavy atom. The monoisotopic (exact) mass is 531 g/mol. The molecule has 1 N–H and O–H groups in total. The van der Waals surface area contributed by atoms with Crippen LogP contribution in [0.1, 0.15) is 46.3 Å². The normalized spacial score (nSPS) is 17.8. The molecule has 1 aromatic heterocycles. The Labute approximate surface area is 226 Å². The minimum atomic E-state index is -0.819. The number of carbonyl (C=O) groups is 1. The molecule has 1 aliphatic heterocycles. The highest BCUT2D eigenvalue weighted by atomic mass is 32.1. The summed E-state index contributed by atoms with van der Waals surface area (Å²) in [5, 5.41) is 5.24. The van der Waals surface area contributed by atoms with Crippen molar-refractivity contribution in [3.63, 3.8) is 0 Å². The molecule has 196 valence electrons. The van der Waals surface area contributed by atoms with Crippen LogP contribution in [0.4, 0.5) is 10.1 Å². The first kappa shape index (κ1) is 25.9. The molecule has 0 radical (unpaired) electrons. The summed E-state index contributed by atoms with van der Waals surface area (Å²) in [6, 6.07) is 25.9. The van der Waals surface area contributed by atoms with Crippen LogP contribution < -0.4 is 10.1 Å². The maximum atomic E-state index is 13.3. The minimum absolute atomic E-state index is 0.263. The van der Waals surface area contributed by atoms with Crippen molar-refractivity contribution < 1.29 is 23.4 Å². The van der Waals surface area contributed by atoms with Crippen molar-refractivity contribution in [1.29, 1.82) is 0 Å². The predicted octanol–water partition coefficient (Wildman–Crippen LogP) is 7.20. The largest absolute Gasteiger partial charge is 0.483 e. The third-order valence-electron chi connectivity index (χ3n) is 6.55. The lowest BCUT2D eigenvalue weighted by molar-refractivity contribution is -0.139. The highest BCUT2D eigenvalue weighted by Gasteiger charge is 2.47. The van der Waals surface area contributed by atoms with Crippen LogP contribution in [0.2, 0.25) is 0 Å². The van der Waals surface area contributed by atoms with Gasteiger partial charge in [-0.2, -0.15) is 0 Å². The van der Waals surface area contributed by atoms with Crippen molar-refractivity contribution in [2.75, 3.05) is 11.9 Å². The van der Waals surface area contributed by atoms with Gasteiger partial charge in [0.1, 0.15) is 28.1 Å². The second-order valence-electron chi connectivity index (χ2n) is 9.77. The molecule has 1 aliphatic rings. The van der Waals surface area contributed by atoms with Crippen LogP contribution in [0.5, 0.6) is 5.75 Å². The Hall–Kier alpha value is -3.68. The topological polar surface area (TPSA) is 56.8 Å². The molecule has 38 heavy (non-hydrogen) atoms. The van der Waals surface area contributed by atoms with E-state index in [-0.39, 0.29) is 5.82 Å². The first-order valence-electron chi connectivity index (χ1n) is 12.6. The lowest BCUT2D eigenvalue weighted by Crippen LogP contribution is -2.51. The van der Waals surface area contributed by atoms with E-state index in [0.29, 0.717) is 23.8 Å². The molecule has 0 saturated heterocycles. The van der Waals surface area contributed by atoms with Gasteiger partial charge in [0.15, 0.2) is 6.10 Å². The van der Waals surface area contributed by atoms with Gasteiger partial charge in [0, 0.05) is 17.8 Å². The fraction of sp³-hybridized carbons (Fsp3) is 0.258. The maximum Gasteiger partial charge on any atom is 0.348 e. The van der Waals surface area contributed by atoms with Crippen LogP contribution in [0.3, 0.4) is 0 Å². The molecule has 0 saturated carbocycles. The number of rotatable bonds is 9. The van der Waals surface area contributed by atoms with E-state index >= 15 is 0 Å². The lowest BCUT2D eigenvalue weighted by atomic mass is 9.87. The quantitative estimate of drug-likeness (QED) is 0.232. The number of fused-ring (bicyclic) bond motifs is 1. The average molecular weight is 532 g/mol. The molecule has 5 rings (SSSR count). The van der Waals surface area contributed by atoms with Crippen molar-refractivity contribution in [1.82, 2.24) is 0 Å². The van der Waals surface area contributed by atoms with Crippen molar-refractivity contribution in [2.24, 2.45) is 0 Å². The number of benzene rings is 3. The molecule has 2 heterocycles. The van der Waals surface area contributed by atoms with Crippen LogP contribution >= 0.6 is 11.3 Å². The van der Waals surface area contributed by atoms with Gasteiger partial charge in [-0.1, -0.05) is 48.5 Å². The minimum Gasteiger partial charge on any atom is -0.483 e. The van der Waals surface area contributed by atoms with Gasteiger partial charge in [-0.3, -0.25) is 0 Å². The predicted molar refractivity (Wildman–Crippen MR) is 147 cm³/mol.